The van der Waals surface area contributed by atoms with Crippen LogP contribution in [0.1, 0.15) is 47.8 Å². The van der Waals surface area contributed by atoms with Crippen molar-refractivity contribution in [3.8, 4) is 5.75 Å². The van der Waals surface area contributed by atoms with Gasteiger partial charge in [0.2, 0.25) is 5.95 Å². The van der Waals surface area contributed by atoms with Gasteiger partial charge in [0.1, 0.15) is 11.4 Å². The molecule has 1 atom stereocenters. The van der Waals surface area contributed by atoms with Crippen molar-refractivity contribution < 1.29 is 27.4 Å². The molecule has 1 aliphatic heterocycles. The van der Waals surface area contributed by atoms with Gasteiger partial charge in [-0.2, -0.15) is 0 Å². The van der Waals surface area contributed by atoms with Crippen molar-refractivity contribution in [3.63, 3.8) is 0 Å². The van der Waals surface area contributed by atoms with Gasteiger partial charge in [-0.25, -0.2) is 4.98 Å². The molecule has 0 saturated carbocycles. The van der Waals surface area contributed by atoms with E-state index in [4.69, 9.17) is 4.74 Å². The quantitative estimate of drug-likeness (QED) is 0.667. The molecule has 11 heteroatoms. The third-order valence-corrected chi connectivity index (χ3v) is 5.02. The number of rotatable bonds is 7. The number of amides is 1. The minimum Gasteiger partial charge on any atom is -0.406 e. The predicted octanol–water partition coefficient (Wildman–Crippen LogP) is 3.17. The number of ether oxygens (including phenoxy) is 2. The average molecular weight is 454 g/mol. The fraction of sp³-hybridized carbons (Fsp3) is 0.476. The Morgan fingerprint density at radius 2 is 1.84 bits per heavy atom. The number of hydrogen-bond acceptors (Lipinski definition) is 6. The molecule has 2 N–H and O–H groups in total. The molecule has 1 aromatic carbocycles. The number of alkyl halides is 3. The monoisotopic (exact) mass is 454 g/mol. The number of carbonyl (C=O) groups excluding carboxylic acids is 1. The van der Waals surface area contributed by atoms with Gasteiger partial charge in [0.25, 0.3) is 11.5 Å². The summed E-state index contributed by atoms with van der Waals surface area (Å²) in [6.45, 7) is 1.55. The van der Waals surface area contributed by atoms with Gasteiger partial charge in [0.05, 0.1) is 12.6 Å². The SMILES string of the molecule is COCC(NC(=O)c1cc(=O)[nH]c(N2CCCCCC2)n1)c1ccc(OC(F)(F)F)cc1. The molecule has 1 amide bonds. The minimum absolute atomic E-state index is 0.0499. The third kappa shape index (κ3) is 6.71. The van der Waals surface area contributed by atoms with Crippen LogP contribution in [0, 0.1) is 0 Å². The van der Waals surface area contributed by atoms with E-state index in [9.17, 15) is 22.8 Å². The molecule has 2 heterocycles. The van der Waals surface area contributed by atoms with E-state index < -0.39 is 23.9 Å². The number of halogens is 3. The first-order valence-electron chi connectivity index (χ1n) is 10.3. The molecule has 1 aromatic heterocycles. The summed E-state index contributed by atoms with van der Waals surface area (Å²) in [5, 5.41) is 2.73. The summed E-state index contributed by atoms with van der Waals surface area (Å²) < 4.78 is 46.1. The number of benzene rings is 1. The summed E-state index contributed by atoms with van der Waals surface area (Å²) in [5.41, 5.74) is 0.0137. The van der Waals surface area contributed by atoms with Crippen molar-refractivity contribution in [2.24, 2.45) is 0 Å². The second-order valence-corrected chi connectivity index (χ2v) is 7.45. The first-order chi connectivity index (χ1) is 15.2. The number of aromatic nitrogens is 2. The van der Waals surface area contributed by atoms with E-state index in [0.717, 1.165) is 57.0 Å². The van der Waals surface area contributed by atoms with Crippen molar-refractivity contribution in [2.75, 3.05) is 31.7 Å². The van der Waals surface area contributed by atoms with E-state index in [1.807, 2.05) is 4.90 Å². The Balaban J connectivity index is 1.76. The van der Waals surface area contributed by atoms with Gasteiger partial charge < -0.3 is 19.7 Å². The van der Waals surface area contributed by atoms with Gasteiger partial charge in [-0.05, 0) is 30.5 Å². The van der Waals surface area contributed by atoms with E-state index in [0.29, 0.717) is 11.5 Å². The van der Waals surface area contributed by atoms with Crippen LogP contribution in [0.5, 0.6) is 5.75 Å². The Morgan fingerprint density at radius 3 is 2.44 bits per heavy atom. The van der Waals surface area contributed by atoms with Gasteiger partial charge in [0.15, 0.2) is 0 Å². The molecule has 2 aromatic rings. The van der Waals surface area contributed by atoms with Gasteiger partial charge in [-0.1, -0.05) is 25.0 Å². The zero-order chi connectivity index (χ0) is 23.1. The summed E-state index contributed by atoms with van der Waals surface area (Å²) >= 11 is 0. The highest BCUT2D eigenvalue weighted by Gasteiger charge is 2.31. The van der Waals surface area contributed by atoms with Crippen LogP contribution in [0.15, 0.2) is 35.1 Å². The van der Waals surface area contributed by atoms with Crippen molar-refractivity contribution in [3.05, 3.63) is 51.9 Å². The van der Waals surface area contributed by atoms with Gasteiger partial charge in [0, 0.05) is 26.3 Å². The standard InChI is InChI=1S/C21H25F3N4O4/c1-31-13-17(14-6-8-15(9-7-14)32-21(22,23)24)25-19(30)16-12-18(29)27-20(26-16)28-10-4-2-3-5-11-28/h6-9,12,17H,2-5,10-11,13H2,1H3,(H,25,30)(H,26,27,29). The molecule has 32 heavy (non-hydrogen) atoms. The number of hydrogen-bond donors (Lipinski definition) is 2. The Kier molecular flexibility index (Phi) is 7.73. The molecular weight excluding hydrogens is 429 g/mol. The van der Waals surface area contributed by atoms with E-state index in [1.165, 1.54) is 19.2 Å². The maximum Gasteiger partial charge on any atom is 0.573 e. The largest absolute Gasteiger partial charge is 0.573 e. The molecular formula is C21H25F3N4O4. The van der Waals surface area contributed by atoms with Crippen LogP contribution in [0.25, 0.3) is 0 Å². The lowest BCUT2D eigenvalue weighted by molar-refractivity contribution is -0.274. The maximum absolute atomic E-state index is 12.8. The Labute approximate surface area is 182 Å². The second kappa shape index (κ2) is 10.5. The Hall–Kier alpha value is -3.08. The second-order valence-electron chi connectivity index (χ2n) is 7.45. The van der Waals surface area contributed by atoms with Crippen LogP contribution >= 0.6 is 0 Å². The number of nitrogens with zero attached hydrogens (tertiary/aromatic N) is 2. The van der Waals surface area contributed by atoms with Crippen LogP contribution in [-0.2, 0) is 4.74 Å². The fourth-order valence-corrected chi connectivity index (χ4v) is 3.52. The molecule has 174 valence electrons. The smallest absolute Gasteiger partial charge is 0.406 e. The van der Waals surface area contributed by atoms with Crippen molar-refractivity contribution in [2.45, 2.75) is 38.1 Å². The van der Waals surface area contributed by atoms with Gasteiger partial charge in [-0.15, -0.1) is 13.2 Å². The lowest BCUT2D eigenvalue weighted by atomic mass is 10.1. The Bertz CT molecular complexity index is 955. The summed E-state index contributed by atoms with van der Waals surface area (Å²) in [4.78, 5) is 34.0. The summed E-state index contributed by atoms with van der Waals surface area (Å²) in [6.07, 6.45) is -0.633. The molecule has 1 saturated heterocycles. The average Bonchev–Trinajstić information content (AvgIpc) is 3.02. The summed E-state index contributed by atoms with van der Waals surface area (Å²) in [7, 11) is 1.43. The first kappa shape index (κ1) is 23.6. The molecule has 1 unspecified atom stereocenters. The molecule has 8 nitrogen and oxygen atoms in total. The number of nitrogens with one attached hydrogen (secondary N) is 2. The van der Waals surface area contributed by atoms with E-state index >= 15 is 0 Å². The van der Waals surface area contributed by atoms with Crippen LogP contribution in [-0.4, -0.2) is 49.0 Å². The van der Waals surface area contributed by atoms with Gasteiger partial charge in [-0.3, -0.25) is 14.6 Å². The van der Waals surface area contributed by atoms with Crippen LogP contribution in [0.4, 0.5) is 19.1 Å². The highest BCUT2D eigenvalue weighted by Crippen LogP contribution is 2.25. The molecule has 1 aliphatic rings. The van der Waals surface area contributed by atoms with E-state index in [2.05, 4.69) is 20.0 Å². The van der Waals surface area contributed by atoms with Crippen LogP contribution < -0.4 is 20.5 Å². The van der Waals surface area contributed by atoms with E-state index in [1.54, 1.807) is 0 Å². The zero-order valence-electron chi connectivity index (χ0n) is 17.6. The van der Waals surface area contributed by atoms with Crippen LogP contribution in [0.2, 0.25) is 0 Å². The summed E-state index contributed by atoms with van der Waals surface area (Å²) in [6, 6.07) is 5.55. The van der Waals surface area contributed by atoms with Crippen molar-refractivity contribution in [1.29, 1.82) is 0 Å². The molecule has 1 fully saturated rings. The normalized spacial score (nSPS) is 15.7. The Morgan fingerprint density at radius 1 is 1.19 bits per heavy atom. The van der Waals surface area contributed by atoms with Crippen molar-refractivity contribution in [1.82, 2.24) is 15.3 Å². The summed E-state index contributed by atoms with van der Waals surface area (Å²) in [5.74, 6) is -0.617. The third-order valence-electron chi connectivity index (χ3n) is 5.02. The molecule has 0 radical (unpaired) electrons. The molecule has 0 aliphatic carbocycles. The number of anilines is 1. The molecule has 3 rings (SSSR count). The number of methoxy groups -OCH3 is 1. The van der Waals surface area contributed by atoms with E-state index in [-0.39, 0.29) is 18.1 Å². The van der Waals surface area contributed by atoms with Gasteiger partial charge >= 0.3 is 6.36 Å². The van der Waals surface area contributed by atoms with Crippen molar-refractivity contribution >= 4 is 11.9 Å². The predicted molar refractivity (Wildman–Crippen MR) is 111 cm³/mol. The molecule has 0 bridgehead atoms. The zero-order valence-corrected chi connectivity index (χ0v) is 17.6. The minimum atomic E-state index is -4.79. The highest BCUT2D eigenvalue weighted by atomic mass is 19.4. The molecule has 0 spiro atoms. The number of aromatic amines is 1. The topological polar surface area (TPSA) is 96.5 Å². The number of carbonyl (C=O) groups is 1. The lowest BCUT2D eigenvalue weighted by Crippen LogP contribution is -2.34. The maximum atomic E-state index is 12.8. The number of H-pyrrole nitrogens is 1. The first-order valence-corrected chi connectivity index (χ1v) is 10.3. The van der Waals surface area contributed by atoms with Crippen LogP contribution in [0.3, 0.4) is 0 Å². The lowest BCUT2D eigenvalue weighted by Gasteiger charge is -2.22. The fourth-order valence-electron chi connectivity index (χ4n) is 3.52. The highest BCUT2D eigenvalue weighted by molar-refractivity contribution is 5.92.